The maximum absolute atomic E-state index is 13.2. The van der Waals surface area contributed by atoms with E-state index in [-0.39, 0.29) is 29.8 Å². The van der Waals surface area contributed by atoms with Crippen molar-refractivity contribution in [1.82, 2.24) is 9.62 Å². The molecule has 1 aromatic rings. The molecule has 1 spiro atoms. The largest absolute Gasteiger partial charge is 0.381 e. The summed E-state index contributed by atoms with van der Waals surface area (Å²) in [6.45, 7) is 7.65. The van der Waals surface area contributed by atoms with Gasteiger partial charge in [0.1, 0.15) is 0 Å². The Balaban J connectivity index is 1.88. The van der Waals surface area contributed by atoms with Crippen LogP contribution in [0.5, 0.6) is 0 Å². The molecule has 0 aliphatic carbocycles. The number of amides is 1. The average molecular weight is 395 g/mol. The van der Waals surface area contributed by atoms with Crippen LogP contribution in [0, 0.1) is 11.3 Å². The third-order valence-corrected chi connectivity index (χ3v) is 7.65. The number of rotatable bonds is 5. The number of nitrogens with zero attached hydrogens (tertiary/aromatic N) is 1. The van der Waals surface area contributed by atoms with Crippen molar-refractivity contribution >= 4 is 15.9 Å². The quantitative estimate of drug-likeness (QED) is 0.831. The van der Waals surface area contributed by atoms with Crippen LogP contribution >= 0.6 is 0 Å². The summed E-state index contributed by atoms with van der Waals surface area (Å²) in [6, 6.07) is 7.09. The van der Waals surface area contributed by atoms with E-state index in [1.807, 2.05) is 32.9 Å². The summed E-state index contributed by atoms with van der Waals surface area (Å²) in [5.74, 6) is -0.389. The number of carbonyl (C=O) groups excluding carboxylic acids is 1. The van der Waals surface area contributed by atoms with Crippen LogP contribution in [0.1, 0.15) is 39.2 Å². The zero-order valence-corrected chi connectivity index (χ0v) is 17.2. The van der Waals surface area contributed by atoms with E-state index in [1.54, 1.807) is 12.1 Å². The molecule has 1 N–H and O–H groups in total. The lowest BCUT2D eigenvalue weighted by Gasteiger charge is -2.37. The number of sulfonamides is 1. The Hall–Kier alpha value is -1.44. The van der Waals surface area contributed by atoms with Gasteiger partial charge in [0.25, 0.3) is 0 Å². The summed E-state index contributed by atoms with van der Waals surface area (Å²) >= 11 is 0. The third kappa shape index (κ3) is 4.05. The van der Waals surface area contributed by atoms with E-state index in [1.165, 1.54) is 4.31 Å². The number of ether oxygens (including phenoxy) is 1. The standard InChI is InChI=1S/C20H30N2O4S/c1-4-16-5-7-17(8-6-16)27(24,25)22-13-18(19(23)21-15(2)3)20(14-22)9-11-26-12-10-20/h5-8,15,18H,4,9-14H2,1-3H3,(H,21,23)/t18-/m1/s1. The van der Waals surface area contributed by atoms with Crippen LogP contribution < -0.4 is 5.32 Å². The third-order valence-electron chi connectivity index (χ3n) is 5.82. The molecular formula is C20H30N2O4S. The zero-order chi connectivity index (χ0) is 19.7. The van der Waals surface area contributed by atoms with Crippen LogP contribution in [-0.4, -0.2) is 51.0 Å². The predicted molar refractivity (Wildman–Crippen MR) is 104 cm³/mol. The second-order valence-electron chi connectivity index (χ2n) is 7.99. The molecule has 0 bridgehead atoms. The Kier molecular flexibility index (Phi) is 5.93. The average Bonchev–Trinajstić information content (AvgIpc) is 3.01. The molecule has 27 heavy (non-hydrogen) atoms. The van der Waals surface area contributed by atoms with Crippen LogP contribution in [0.3, 0.4) is 0 Å². The van der Waals surface area contributed by atoms with E-state index in [9.17, 15) is 13.2 Å². The van der Waals surface area contributed by atoms with Gasteiger partial charge in [0.15, 0.2) is 0 Å². The predicted octanol–water partition coefficient (Wildman–Crippen LogP) is 2.19. The molecule has 0 aromatic heterocycles. The van der Waals surface area contributed by atoms with Crippen molar-refractivity contribution < 1.29 is 17.9 Å². The summed E-state index contributed by atoms with van der Waals surface area (Å²) in [4.78, 5) is 13.1. The van der Waals surface area contributed by atoms with Crippen LogP contribution in [0.4, 0.5) is 0 Å². The monoisotopic (exact) mass is 394 g/mol. The lowest BCUT2D eigenvalue weighted by molar-refractivity contribution is -0.130. The van der Waals surface area contributed by atoms with Crippen molar-refractivity contribution in [1.29, 1.82) is 0 Å². The van der Waals surface area contributed by atoms with Gasteiger partial charge in [0.05, 0.1) is 10.8 Å². The molecule has 1 amide bonds. The molecule has 2 fully saturated rings. The SMILES string of the molecule is CCc1ccc(S(=O)(=O)N2C[C@H](C(=O)NC(C)C)C3(CCOCC3)C2)cc1. The molecule has 7 heteroatoms. The van der Waals surface area contributed by atoms with Gasteiger partial charge in [-0.1, -0.05) is 19.1 Å². The molecule has 1 aromatic carbocycles. The van der Waals surface area contributed by atoms with Crippen LogP contribution in [-0.2, 0) is 26.0 Å². The van der Waals surface area contributed by atoms with Crippen LogP contribution in [0.25, 0.3) is 0 Å². The summed E-state index contributed by atoms with van der Waals surface area (Å²) in [7, 11) is -3.62. The van der Waals surface area contributed by atoms with Gasteiger partial charge in [0, 0.05) is 37.8 Å². The number of aryl methyl sites for hydroxylation is 1. The number of carbonyl (C=O) groups is 1. The number of hydrogen-bond acceptors (Lipinski definition) is 4. The Bertz CT molecular complexity index is 768. The molecule has 0 unspecified atom stereocenters. The summed E-state index contributed by atoms with van der Waals surface area (Å²) < 4.78 is 33.4. The van der Waals surface area contributed by atoms with Crippen molar-refractivity contribution in [2.45, 2.75) is 51.0 Å². The topological polar surface area (TPSA) is 75.7 Å². The van der Waals surface area contributed by atoms with E-state index in [2.05, 4.69) is 5.32 Å². The van der Waals surface area contributed by atoms with Gasteiger partial charge in [-0.2, -0.15) is 4.31 Å². The number of hydrogen-bond donors (Lipinski definition) is 1. The van der Waals surface area contributed by atoms with E-state index < -0.39 is 10.0 Å². The summed E-state index contributed by atoms with van der Waals surface area (Å²) in [5.41, 5.74) is 0.763. The Morgan fingerprint density at radius 1 is 1.26 bits per heavy atom. The van der Waals surface area contributed by atoms with Crippen LogP contribution in [0.15, 0.2) is 29.2 Å². The van der Waals surface area contributed by atoms with Gasteiger partial charge in [-0.25, -0.2) is 8.42 Å². The van der Waals surface area contributed by atoms with E-state index in [0.29, 0.717) is 37.5 Å². The first kappa shape index (κ1) is 20.3. The highest BCUT2D eigenvalue weighted by molar-refractivity contribution is 7.89. The summed E-state index contributed by atoms with van der Waals surface area (Å²) in [6.07, 6.45) is 2.29. The molecule has 3 rings (SSSR count). The molecule has 2 saturated heterocycles. The van der Waals surface area contributed by atoms with E-state index in [4.69, 9.17) is 4.74 Å². The Labute approximate surface area is 162 Å². The van der Waals surface area contributed by atoms with Gasteiger partial charge in [-0.05, 0) is 50.8 Å². The van der Waals surface area contributed by atoms with Crippen molar-refractivity contribution in [2.75, 3.05) is 26.3 Å². The highest BCUT2D eigenvalue weighted by Gasteiger charge is 2.53. The van der Waals surface area contributed by atoms with Crippen molar-refractivity contribution in [3.05, 3.63) is 29.8 Å². The smallest absolute Gasteiger partial charge is 0.243 e. The van der Waals surface area contributed by atoms with Crippen molar-refractivity contribution in [2.24, 2.45) is 11.3 Å². The number of nitrogens with one attached hydrogen (secondary N) is 1. The highest BCUT2D eigenvalue weighted by atomic mass is 32.2. The maximum Gasteiger partial charge on any atom is 0.243 e. The minimum atomic E-state index is -3.62. The second kappa shape index (κ2) is 7.89. The van der Waals surface area contributed by atoms with E-state index >= 15 is 0 Å². The fourth-order valence-electron chi connectivity index (χ4n) is 4.18. The van der Waals surface area contributed by atoms with Crippen LogP contribution in [0.2, 0.25) is 0 Å². The van der Waals surface area contributed by atoms with Gasteiger partial charge >= 0.3 is 0 Å². The molecule has 2 heterocycles. The molecule has 150 valence electrons. The molecule has 1 atom stereocenters. The lowest BCUT2D eigenvalue weighted by atomic mass is 9.71. The maximum atomic E-state index is 13.2. The molecule has 0 radical (unpaired) electrons. The van der Waals surface area contributed by atoms with E-state index in [0.717, 1.165) is 12.0 Å². The molecule has 6 nitrogen and oxygen atoms in total. The Morgan fingerprint density at radius 3 is 2.44 bits per heavy atom. The van der Waals surface area contributed by atoms with Gasteiger partial charge < -0.3 is 10.1 Å². The van der Waals surface area contributed by atoms with Gasteiger partial charge in [-0.3, -0.25) is 4.79 Å². The second-order valence-corrected chi connectivity index (χ2v) is 9.92. The van der Waals surface area contributed by atoms with Crippen molar-refractivity contribution in [3.8, 4) is 0 Å². The molecule has 2 aliphatic rings. The lowest BCUT2D eigenvalue weighted by Crippen LogP contribution is -2.46. The van der Waals surface area contributed by atoms with Crippen molar-refractivity contribution in [3.63, 3.8) is 0 Å². The highest BCUT2D eigenvalue weighted by Crippen LogP contribution is 2.46. The fourth-order valence-corrected chi connectivity index (χ4v) is 5.73. The molecule has 0 saturated carbocycles. The minimum Gasteiger partial charge on any atom is -0.381 e. The first-order valence-electron chi connectivity index (χ1n) is 9.76. The Morgan fingerprint density at radius 2 is 1.89 bits per heavy atom. The first-order chi connectivity index (χ1) is 12.8. The fraction of sp³-hybridized carbons (Fsp3) is 0.650. The normalized spacial score (nSPS) is 23.0. The summed E-state index contributed by atoms with van der Waals surface area (Å²) in [5, 5.41) is 2.98. The zero-order valence-electron chi connectivity index (χ0n) is 16.4. The van der Waals surface area contributed by atoms with Gasteiger partial charge in [0.2, 0.25) is 15.9 Å². The first-order valence-corrected chi connectivity index (χ1v) is 11.2. The molecular weight excluding hydrogens is 364 g/mol. The van der Waals surface area contributed by atoms with Gasteiger partial charge in [-0.15, -0.1) is 0 Å². The molecule has 2 aliphatic heterocycles. The minimum absolute atomic E-state index is 0.0293. The number of benzene rings is 1.